The van der Waals surface area contributed by atoms with E-state index < -0.39 is 0 Å². The number of rotatable bonds is 2. The quantitative estimate of drug-likeness (QED) is 0.707. The van der Waals surface area contributed by atoms with Crippen molar-refractivity contribution in [1.29, 1.82) is 0 Å². The molecule has 1 aliphatic heterocycles. The molecule has 26 heavy (non-hydrogen) atoms. The molecule has 0 bridgehead atoms. The summed E-state index contributed by atoms with van der Waals surface area (Å²) >= 11 is 5.50. The third kappa shape index (κ3) is 3.04. The predicted molar refractivity (Wildman–Crippen MR) is 108 cm³/mol. The number of aromatic nitrogens is 2. The number of nitrogens with one attached hydrogen (secondary N) is 1. The van der Waals surface area contributed by atoms with Crippen molar-refractivity contribution < 1.29 is 0 Å². The lowest BCUT2D eigenvalue weighted by molar-refractivity contribution is 0.367. The lowest BCUT2D eigenvalue weighted by atomic mass is 9.97. The van der Waals surface area contributed by atoms with E-state index in [4.69, 9.17) is 17.3 Å². The predicted octanol–water partition coefficient (Wildman–Crippen LogP) is 3.59. The molecule has 1 atom stereocenters. The summed E-state index contributed by atoms with van der Waals surface area (Å²) < 4.78 is 0. The fourth-order valence-electron chi connectivity index (χ4n) is 3.26. The SMILES string of the molecule is CNC(=S)N1N=C(c2cccc(C)c2)C[C@H]1c1ccc2nccnc2c1. The Morgan fingerprint density at radius 2 is 1.92 bits per heavy atom. The molecule has 0 saturated carbocycles. The fraction of sp³-hybridized carbons (Fsp3) is 0.200. The topological polar surface area (TPSA) is 53.4 Å². The lowest BCUT2D eigenvalue weighted by Crippen LogP contribution is -2.34. The van der Waals surface area contributed by atoms with Crippen LogP contribution in [0, 0.1) is 6.92 Å². The molecule has 0 fully saturated rings. The molecule has 6 heteroatoms. The van der Waals surface area contributed by atoms with Gasteiger partial charge in [-0.2, -0.15) is 5.10 Å². The Bertz CT molecular complexity index is 1010. The Balaban J connectivity index is 1.73. The molecule has 1 N–H and O–H groups in total. The standard InChI is InChI=1S/C20H19N5S/c1-13-4-3-5-14(10-13)17-12-19(25(24-17)20(26)21-2)15-6-7-16-18(11-15)23-9-8-22-16/h3-11,19H,12H2,1-2H3,(H,21,26)/t19-/m0/s1. The van der Waals surface area contributed by atoms with Crippen LogP contribution >= 0.6 is 12.2 Å². The molecule has 0 amide bonds. The van der Waals surface area contributed by atoms with Gasteiger partial charge in [0, 0.05) is 25.9 Å². The number of aryl methyl sites for hydroxylation is 1. The van der Waals surface area contributed by atoms with Crippen molar-refractivity contribution in [2.75, 3.05) is 7.05 Å². The summed E-state index contributed by atoms with van der Waals surface area (Å²) in [5.74, 6) is 0. The Morgan fingerprint density at radius 3 is 2.69 bits per heavy atom. The van der Waals surface area contributed by atoms with Crippen molar-refractivity contribution in [1.82, 2.24) is 20.3 Å². The molecule has 0 aliphatic carbocycles. The monoisotopic (exact) mass is 361 g/mol. The second-order valence-electron chi connectivity index (χ2n) is 6.34. The molecular weight excluding hydrogens is 342 g/mol. The Morgan fingerprint density at radius 1 is 1.12 bits per heavy atom. The zero-order valence-corrected chi connectivity index (χ0v) is 15.5. The van der Waals surface area contributed by atoms with Gasteiger partial charge in [0.25, 0.3) is 0 Å². The van der Waals surface area contributed by atoms with Crippen LogP contribution in [0.4, 0.5) is 0 Å². The highest BCUT2D eigenvalue weighted by atomic mass is 32.1. The molecule has 0 radical (unpaired) electrons. The van der Waals surface area contributed by atoms with Crippen molar-refractivity contribution >= 4 is 34.1 Å². The van der Waals surface area contributed by atoms with Gasteiger partial charge >= 0.3 is 0 Å². The molecule has 0 spiro atoms. The first-order chi connectivity index (χ1) is 12.7. The van der Waals surface area contributed by atoms with Crippen LogP contribution in [0.15, 0.2) is 60.0 Å². The Labute approximate surface area is 157 Å². The average molecular weight is 361 g/mol. The van der Waals surface area contributed by atoms with Crippen LogP contribution < -0.4 is 5.32 Å². The first-order valence-electron chi connectivity index (χ1n) is 8.52. The van der Waals surface area contributed by atoms with Gasteiger partial charge in [0.1, 0.15) is 0 Å². The Hall–Kier alpha value is -2.86. The summed E-state index contributed by atoms with van der Waals surface area (Å²) in [4.78, 5) is 8.77. The summed E-state index contributed by atoms with van der Waals surface area (Å²) in [6, 6.07) is 14.6. The number of fused-ring (bicyclic) bond motifs is 1. The fourth-order valence-corrected chi connectivity index (χ4v) is 3.43. The highest BCUT2D eigenvalue weighted by molar-refractivity contribution is 7.80. The smallest absolute Gasteiger partial charge is 0.189 e. The van der Waals surface area contributed by atoms with Gasteiger partial charge in [0.2, 0.25) is 0 Å². The summed E-state index contributed by atoms with van der Waals surface area (Å²) in [5, 5.41) is 10.4. The number of benzene rings is 2. The third-order valence-electron chi connectivity index (χ3n) is 4.56. The van der Waals surface area contributed by atoms with E-state index in [1.807, 2.05) is 18.1 Å². The van der Waals surface area contributed by atoms with Crippen molar-refractivity contribution in [2.24, 2.45) is 5.10 Å². The Kier molecular flexibility index (Phi) is 4.34. The van der Waals surface area contributed by atoms with E-state index in [1.165, 1.54) is 5.56 Å². The minimum Gasteiger partial charge on any atom is -0.364 e. The molecule has 2 aromatic carbocycles. The van der Waals surface area contributed by atoms with Crippen LogP contribution in [-0.4, -0.2) is 32.8 Å². The maximum atomic E-state index is 5.50. The van der Waals surface area contributed by atoms with Gasteiger partial charge in [-0.25, -0.2) is 5.01 Å². The number of hydrogen-bond acceptors (Lipinski definition) is 4. The number of nitrogens with zero attached hydrogens (tertiary/aromatic N) is 4. The van der Waals surface area contributed by atoms with Gasteiger partial charge < -0.3 is 5.32 Å². The second-order valence-corrected chi connectivity index (χ2v) is 6.73. The molecule has 2 heterocycles. The van der Waals surface area contributed by atoms with Gasteiger partial charge in [-0.1, -0.05) is 35.9 Å². The van der Waals surface area contributed by atoms with E-state index in [1.54, 1.807) is 12.4 Å². The first kappa shape index (κ1) is 16.6. The van der Waals surface area contributed by atoms with Crippen LogP contribution in [0.1, 0.15) is 29.2 Å². The molecule has 1 aliphatic rings. The van der Waals surface area contributed by atoms with Crippen LogP contribution in [0.3, 0.4) is 0 Å². The minimum atomic E-state index is 0.0388. The molecular formula is C20H19N5S. The van der Waals surface area contributed by atoms with E-state index in [0.29, 0.717) is 5.11 Å². The highest BCUT2D eigenvalue weighted by Gasteiger charge is 2.31. The maximum absolute atomic E-state index is 5.50. The largest absolute Gasteiger partial charge is 0.364 e. The maximum Gasteiger partial charge on any atom is 0.189 e. The molecule has 5 nitrogen and oxygen atoms in total. The van der Waals surface area contributed by atoms with Gasteiger partial charge in [-0.3, -0.25) is 9.97 Å². The zero-order chi connectivity index (χ0) is 18.1. The van der Waals surface area contributed by atoms with E-state index in [0.717, 1.165) is 34.3 Å². The van der Waals surface area contributed by atoms with E-state index in [-0.39, 0.29) is 6.04 Å². The van der Waals surface area contributed by atoms with Gasteiger partial charge in [-0.15, -0.1) is 0 Å². The number of thiocarbonyl (C=S) groups is 1. The van der Waals surface area contributed by atoms with E-state index in [2.05, 4.69) is 58.6 Å². The van der Waals surface area contributed by atoms with Crippen LogP contribution in [0.25, 0.3) is 11.0 Å². The van der Waals surface area contributed by atoms with Crippen LogP contribution in [-0.2, 0) is 0 Å². The van der Waals surface area contributed by atoms with E-state index in [9.17, 15) is 0 Å². The summed E-state index contributed by atoms with van der Waals surface area (Å²) in [6.07, 6.45) is 4.21. The van der Waals surface area contributed by atoms with Crippen molar-refractivity contribution in [2.45, 2.75) is 19.4 Å². The van der Waals surface area contributed by atoms with Crippen molar-refractivity contribution in [3.63, 3.8) is 0 Å². The summed E-state index contributed by atoms with van der Waals surface area (Å²) in [5.41, 5.74) is 6.29. The molecule has 3 aromatic rings. The van der Waals surface area contributed by atoms with Gasteiger partial charge in [-0.05, 0) is 42.4 Å². The molecule has 0 unspecified atom stereocenters. The minimum absolute atomic E-state index is 0.0388. The highest BCUT2D eigenvalue weighted by Crippen LogP contribution is 2.33. The van der Waals surface area contributed by atoms with Crippen molar-refractivity contribution in [3.05, 3.63) is 71.5 Å². The number of hydrazone groups is 1. The van der Waals surface area contributed by atoms with Gasteiger partial charge in [0.15, 0.2) is 5.11 Å². The van der Waals surface area contributed by atoms with Crippen molar-refractivity contribution in [3.8, 4) is 0 Å². The molecule has 130 valence electrons. The third-order valence-corrected chi connectivity index (χ3v) is 4.95. The molecule has 1 aromatic heterocycles. The molecule has 0 saturated heterocycles. The first-order valence-corrected chi connectivity index (χ1v) is 8.92. The lowest BCUT2D eigenvalue weighted by Gasteiger charge is -2.23. The van der Waals surface area contributed by atoms with E-state index >= 15 is 0 Å². The zero-order valence-electron chi connectivity index (χ0n) is 14.7. The second kappa shape index (κ2) is 6.80. The average Bonchev–Trinajstić information content (AvgIpc) is 3.12. The summed E-state index contributed by atoms with van der Waals surface area (Å²) in [6.45, 7) is 2.09. The van der Waals surface area contributed by atoms with Crippen LogP contribution in [0.5, 0.6) is 0 Å². The summed E-state index contributed by atoms with van der Waals surface area (Å²) in [7, 11) is 1.82. The van der Waals surface area contributed by atoms with Gasteiger partial charge in [0.05, 0.1) is 22.8 Å². The number of hydrogen-bond donors (Lipinski definition) is 1. The van der Waals surface area contributed by atoms with Crippen LogP contribution in [0.2, 0.25) is 0 Å². The normalized spacial score (nSPS) is 16.6. The molecule has 4 rings (SSSR count).